The molecule has 0 saturated carbocycles. The predicted molar refractivity (Wildman–Crippen MR) is 204 cm³/mol. The number of hydrogen-bond acceptors (Lipinski definition) is 4. The SMILES string of the molecule is CC(C)(C)c1cc(C2(c3cc(C(C)(C)C)c(OCCO)c(C(C)(C)C)c3)c3ccccc3-c3ccccc32)cc(C(C)(C)C)c1OCCO. The van der Waals surface area contributed by atoms with Crippen molar-refractivity contribution in [3.63, 3.8) is 0 Å². The molecule has 0 radical (unpaired) electrons. The zero-order valence-corrected chi connectivity index (χ0v) is 32.0. The van der Waals surface area contributed by atoms with Gasteiger partial charge in [-0.3, -0.25) is 0 Å². The van der Waals surface area contributed by atoms with E-state index in [1.807, 2.05) is 0 Å². The highest BCUT2D eigenvalue weighted by Crippen LogP contribution is 2.59. The van der Waals surface area contributed by atoms with Gasteiger partial charge in [-0.25, -0.2) is 0 Å². The molecular weight excluding hydrogens is 604 g/mol. The second kappa shape index (κ2) is 12.9. The molecule has 0 unspecified atom stereocenters. The van der Waals surface area contributed by atoms with E-state index in [9.17, 15) is 10.2 Å². The molecule has 0 aliphatic heterocycles. The summed E-state index contributed by atoms with van der Waals surface area (Å²) in [5.41, 5.74) is 10.3. The predicted octanol–water partition coefficient (Wildman–Crippen LogP) is 9.98. The average molecular weight is 663 g/mol. The van der Waals surface area contributed by atoms with Crippen LogP contribution in [0.4, 0.5) is 0 Å². The molecule has 0 fully saturated rings. The minimum atomic E-state index is -0.655. The summed E-state index contributed by atoms with van der Waals surface area (Å²) in [5.74, 6) is 1.73. The van der Waals surface area contributed by atoms with Crippen molar-refractivity contribution in [3.05, 3.63) is 117 Å². The minimum Gasteiger partial charge on any atom is -0.491 e. The van der Waals surface area contributed by atoms with E-state index in [1.165, 1.54) is 33.4 Å². The standard InChI is InChI=1S/C45H58O4/c1-41(2,3)35-25-29(26-36(42(4,5)6)39(35)48-23-21-46)45(33-19-15-13-17-31(33)32-18-14-16-20-34(32)45)30-27-37(43(7,8)9)40(49-24-22-47)38(28-30)44(10,11)12/h13-20,25-28,46-47H,21-24H2,1-12H3. The fraction of sp³-hybridized carbons (Fsp3) is 0.467. The van der Waals surface area contributed by atoms with Gasteiger partial charge in [-0.05, 0) is 79.3 Å². The highest BCUT2D eigenvalue weighted by atomic mass is 16.5. The van der Waals surface area contributed by atoms with Gasteiger partial charge in [0.2, 0.25) is 0 Å². The molecule has 4 heteroatoms. The first kappa shape index (κ1) is 36.7. The molecule has 1 aliphatic carbocycles. The molecule has 49 heavy (non-hydrogen) atoms. The van der Waals surface area contributed by atoms with E-state index in [4.69, 9.17) is 9.47 Å². The molecule has 0 spiro atoms. The number of aliphatic hydroxyl groups excluding tert-OH is 2. The normalized spacial score (nSPS) is 14.4. The second-order valence-corrected chi connectivity index (χ2v) is 17.8. The van der Waals surface area contributed by atoms with Crippen molar-refractivity contribution in [3.8, 4) is 22.6 Å². The zero-order chi connectivity index (χ0) is 36.2. The largest absolute Gasteiger partial charge is 0.491 e. The van der Waals surface area contributed by atoms with Gasteiger partial charge in [0.25, 0.3) is 0 Å². The minimum absolute atomic E-state index is 0.0462. The Balaban J connectivity index is 2.06. The number of benzene rings is 4. The summed E-state index contributed by atoms with van der Waals surface area (Å²) in [6, 6.07) is 27.3. The van der Waals surface area contributed by atoms with Gasteiger partial charge in [0.1, 0.15) is 24.7 Å². The summed E-state index contributed by atoms with van der Waals surface area (Å²) < 4.78 is 12.9. The Kier molecular flexibility index (Phi) is 9.68. The molecule has 2 N–H and O–H groups in total. The number of aliphatic hydroxyl groups is 2. The lowest BCUT2D eigenvalue weighted by Gasteiger charge is -2.40. The van der Waals surface area contributed by atoms with Gasteiger partial charge >= 0.3 is 0 Å². The molecule has 262 valence electrons. The van der Waals surface area contributed by atoms with Gasteiger partial charge in [-0.15, -0.1) is 0 Å². The maximum Gasteiger partial charge on any atom is 0.126 e. The third-order valence-electron chi connectivity index (χ3n) is 9.90. The van der Waals surface area contributed by atoms with Crippen molar-refractivity contribution < 1.29 is 19.7 Å². The van der Waals surface area contributed by atoms with E-state index in [0.29, 0.717) is 0 Å². The van der Waals surface area contributed by atoms with Crippen LogP contribution < -0.4 is 9.47 Å². The van der Waals surface area contributed by atoms with E-state index in [1.54, 1.807) is 0 Å². The third-order valence-corrected chi connectivity index (χ3v) is 9.90. The van der Waals surface area contributed by atoms with Crippen molar-refractivity contribution in [1.29, 1.82) is 0 Å². The Morgan fingerprint density at radius 3 is 1.02 bits per heavy atom. The number of fused-ring (bicyclic) bond motifs is 3. The number of ether oxygens (including phenoxy) is 2. The monoisotopic (exact) mass is 662 g/mol. The third kappa shape index (κ3) is 6.55. The van der Waals surface area contributed by atoms with Gasteiger partial charge < -0.3 is 19.7 Å². The van der Waals surface area contributed by atoms with Crippen molar-refractivity contribution in [2.45, 2.75) is 110 Å². The van der Waals surface area contributed by atoms with Crippen LogP contribution in [-0.2, 0) is 27.1 Å². The maximum absolute atomic E-state index is 9.86. The summed E-state index contributed by atoms with van der Waals surface area (Å²) in [4.78, 5) is 0. The van der Waals surface area contributed by atoms with Crippen molar-refractivity contribution in [1.82, 2.24) is 0 Å². The van der Waals surface area contributed by atoms with E-state index in [2.05, 4.69) is 156 Å². The summed E-state index contributed by atoms with van der Waals surface area (Å²) in [6.07, 6.45) is 0. The van der Waals surface area contributed by atoms with Gasteiger partial charge in [-0.2, -0.15) is 0 Å². The van der Waals surface area contributed by atoms with Crippen LogP contribution >= 0.6 is 0 Å². The van der Waals surface area contributed by atoms with Gasteiger partial charge in [-0.1, -0.05) is 132 Å². The molecule has 0 aromatic heterocycles. The zero-order valence-electron chi connectivity index (χ0n) is 32.0. The second-order valence-electron chi connectivity index (χ2n) is 17.8. The van der Waals surface area contributed by atoms with Crippen LogP contribution in [0.1, 0.15) is 128 Å². The van der Waals surface area contributed by atoms with Crippen LogP contribution in [0.5, 0.6) is 11.5 Å². The van der Waals surface area contributed by atoms with Gasteiger partial charge in [0.05, 0.1) is 18.6 Å². The molecular formula is C45H58O4. The topological polar surface area (TPSA) is 58.9 Å². The molecule has 0 atom stereocenters. The average Bonchev–Trinajstić information content (AvgIpc) is 3.31. The van der Waals surface area contributed by atoms with Crippen LogP contribution in [0.2, 0.25) is 0 Å². The molecule has 4 nitrogen and oxygen atoms in total. The highest BCUT2D eigenvalue weighted by molar-refractivity contribution is 5.87. The molecule has 0 saturated heterocycles. The first-order valence-electron chi connectivity index (χ1n) is 17.8. The fourth-order valence-corrected chi connectivity index (χ4v) is 7.55. The van der Waals surface area contributed by atoms with Gasteiger partial charge in [0, 0.05) is 22.3 Å². The Morgan fingerprint density at radius 2 is 0.755 bits per heavy atom. The van der Waals surface area contributed by atoms with Crippen LogP contribution in [0.3, 0.4) is 0 Å². The van der Waals surface area contributed by atoms with E-state index in [-0.39, 0.29) is 48.1 Å². The molecule has 4 aromatic rings. The van der Waals surface area contributed by atoms with Crippen molar-refractivity contribution in [2.75, 3.05) is 26.4 Å². The smallest absolute Gasteiger partial charge is 0.126 e. The molecule has 0 heterocycles. The maximum atomic E-state index is 9.86. The van der Waals surface area contributed by atoms with E-state index < -0.39 is 5.41 Å². The lowest BCUT2D eigenvalue weighted by Crippen LogP contribution is -2.32. The molecule has 5 rings (SSSR count). The van der Waals surface area contributed by atoms with Crippen molar-refractivity contribution >= 4 is 0 Å². The summed E-state index contributed by atoms with van der Waals surface area (Å²) in [6.45, 7) is 27.3. The quantitative estimate of drug-likeness (QED) is 0.174. The van der Waals surface area contributed by atoms with Crippen LogP contribution in [-0.4, -0.2) is 36.6 Å². The number of rotatable bonds is 8. The van der Waals surface area contributed by atoms with Crippen LogP contribution in [0.15, 0.2) is 72.8 Å². The summed E-state index contributed by atoms with van der Waals surface area (Å²) in [5, 5.41) is 19.7. The lowest BCUT2D eigenvalue weighted by molar-refractivity contribution is 0.196. The first-order valence-corrected chi connectivity index (χ1v) is 17.8. The van der Waals surface area contributed by atoms with E-state index >= 15 is 0 Å². The Labute approximate surface area is 295 Å². The van der Waals surface area contributed by atoms with Crippen LogP contribution in [0, 0.1) is 0 Å². The first-order chi connectivity index (χ1) is 22.8. The summed E-state index contributed by atoms with van der Waals surface area (Å²) in [7, 11) is 0. The molecule has 0 amide bonds. The lowest BCUT2D eigenvalue weighted by atomic mass is 9.63. The van der Waals surface area contributed by atoms with Crippen LogP contribution in [0.25, 0.3) is 11.1 Å². The summed E-state index contributed by atoms with van der Waals surface area (Å²) >= 11 is 0. The Bertz CT molecular complexity index is 1610. The Hall–Kier alpha value is -3.60. The fourth-order valence-electron chi connectivity index (χ4n) is 7.55. The van der Waals surface area contributed by atoms with E-state index in [0.717, 1.165) is 33.8 Å². The highest BCUT2D eigenvalue weighted by Gasteiger charge is 2.48. The van der Waals surface area contributed by atoms with Crippen molar-refractivity contribution in [2.24, 2.45) is 0 Å². The molecule has 0 bridgehead atoms. The Morgan fingerprint density at radius 1 is 0.469 bits per heavy atom. The molecule has 1 aliphatic rings. The molecule has 4 aromatic carbocycles. The van der Waals surface area contributed by atoms with Gasteiger partial charge in [0.15, 0.2) is 0 Å². The number of hydrogen-bond donors (Lipinski definition) is 2.